The SMILES string of the molecule is C[C@@H](O)CNCc1ccc(-c2ccc(Cl)c(Cl)c2)o1. The van der Waals surface area contributed by atoms with E-state index in [0.29, 0.717) is 23.1 Å². The fourth-order valence-corrected chi connectivity index (χ4v) is 1.98. The zero-order valence-electron chi connectivity index (χ0n) is 10.5. The highest BCUT2D eigenvalue weighted by Gasteiger charge is 2.07. The van der Waals surface area contributed by atoms with Gasteiger partial charge in [-0.05, 0) is 37.3 Å². The molecule has 0 spiro atoms. The van der Waals surface area contributed by atoms with Gasteiger partial charge in [0.1, 0.15) is 11.5 Å². The number of furan rings is 1. The second-order valence-electron chi connectivity index (χ2n) is 4.37. The minimum Gasteiger partial charge on any atom is -0.460 e. The molecule has 5 heteroatoms. The summed E-state index contributed by atoms with van der Waals surface area (Å²) in [6.45, 7) is 2.84. The van der Waals surface area contributed by atoms with Crippen LogP contribution in [0.2, 0.25) is 10.0 Å². The van der Waals surface area contributed by atoms with E-state index in [2.05, 4.69) is 5.32 Å². The van der Waals surface area contributed by atoms with Crippen LogP contribution in [0.1, 0.15) is 12.7 Å². The number of hydrogen-bond donors (Lipinski definition) is 2. The van der Waals surface area contributed by atoms with Crippen LogP contribution in [0, 0.1) is 0 Å². The van der Waals surface area contributed by atoms with Gasteiger partial charge in [0.2, 0.25) is 0 Å². The molecule has 0 unspecified atom stereocenters. The second kappa shape index (κ2) is 6.44. The van der Waals surface area contributed by atoms with E-state index in [9.17, 15) is 0 Å². The molecule has 2 rings (SSSR count). The minimum atomic E-state index is -0.371. The van der Waals surface area contributed by atoms with Crippen LogP contribution in [0.4, 0.5) is 0 Å². The molecule has 0 amide bonds. The molecular formula is C14H15Cl2NO2. The average molecular weight is 300 g/mol. The molecule has 0 fully saturated rings. The van der Waals surface area contributed by atoms with E-state index in [1.807, 2.05) is 18.2 Å². The molecule has 0 radical (unpaired) electrons. The van der Waals surface area contributed by atoms with Gasteiger partial charge in [-0.25, -0.2) is 0 Å². The van der Waals surface area contributed by atoms with Crippen LogP contribution in [-0.2, 0) is 6.54 Å². The fraction of sp³-hybridized carbons (Fsp3) is 0.286. The zero-order chi connectivity index (χ0) is 13.8. The molecule has 0 aliphatic carbocycles. The Morgan fingerprint density at radius 3 is 2.68 bits per heavy atom. The lowest BCUT2D eigenvalue weighted by Crippen LogP contribution is -2.23. The molecule has 0 bridgehead atoms. The van der Waals surface area contributed by atoms with Gasteiger partial charge in [0.05, 0.1) is 22.7 Å². The first kappa shape index (κ1) is 14.4. The molecule has 3 nitrogen and oxygen atoms in total. The van der Waals surface area contributed by atoms with Gasteiger partial charge in [-0.3, -0.25) is 0 Å². The monoisotopic (exact) mass is 299 g/mol. The van der Waals surface area contributed by atoms with Crippen molar-refractivity contribution in [1.82, 2.24) is 5.32 Å². The Morgan fingerprint density at radius 2 is 2.00 bits per heavy atom. The lowest BCUT2D eigenvalue weighted by atomic mass is 10.2. The van der Waals surface area contributed by atoms with Crippen LogP contribution in [-0.4, -0.2) is 17.8 Å². The van der Waals surface area contributed by atoms with Crippen molar-refractivity contribution in [3.8, 4) is 11.3 Å². The molecule has 0 aliphatic rings. The first-order chi connectivity index (χ1) is 9.06. The number of aliphatic hydroxyl groups excluding tert-OH is 1. The summed E-state index contributed by atoms with van der Waals surface area (Å²) in [5.74, 6) is 1.55. The second-order valence-corrected chi connectivity index (χ2v) is 5.19. The molecule has 102 valence electrons. The third-order valence-electron chi connectivity index (χ3n) is 2.60. The number of hydrogen-bond acceptors (Lipinski definition) is 3. The molecule has 0 aliphatic heterocycles. The Balaban J connectivity index is 2.05. The maximum absolute atomic E-state index is 9.15. The smallest absolute Gasteiger partial charge is 0.134 e. The standard InChI is InChI=1S/C14H15Cl2NO2/c1-9(18)7-17-8-11-3-5-14(19-11)10-2-4-12(15)13(16)6-10/h2-6,9,17-18H,7-8H2,1H3/t9-/m1/s1. The van der Waals surface area contributed by atoms with Gasteiger partial charge in [-0.15, -0.1) is 0 Å². The Kier molecular flexibility index (Phi) is 4.88. The van der Waals surface area contributed by atoms with Crippen molar-refractivity contribution in [2.75, 3.05) is 6.54 Å². The van der Waals surface area contributed by atoms with Gasteiger partial charge in [-0.1, -0.05) is 23.2 Å². The van der Waals surface area contributed by atoms with E-state index in [0.717, 1.165) is 17.1 Å². The van der Waals surface area contributed by atoms with Gasteiger partial charge >= 0.3 is 0 Å². The highest BCUT2D eigenvalue weighted by Crippen LogP contribution is 2.29. The first-order valence-electron chi connectivity index (χ1n) is 5.99. The summed E-state index contributed by atoms with van der Waals surface area (Å²) in [4.78, 5) is 0. The Labute approximate surface area is 122 Å². The largest absolute Gasteiger partial charge is 0.460 e. The van der Waals surface area contributed by atoms with Crippen LogP contribution < -0.4 is 5.32 Å². The predicted molar refractivity (Wildman–Crippen MR) is 77.6 cm³/mol. The summed E-state index contributed by atoms with van der Waals surface area (Å²) in [5, 5.41) is 13.3. The van der Waals surface area contributed by atoms with Crippen molar-refractivity contribution in [3.63, 3.8) is 0 Å². The third-order valence-corrected chi connectivity index (χ3v) is 3.34. The molecule has 1 heterocycles. The number of rotatable bonds is 5. The van der Waals surface area contributed by atoms with Crippen molar-refractivity contribution in [2.24, 2.45) is 0 Å². The van der Waals surface area contributed by atoms with E-state index < -0.39 is 0 Å². The maximum atomic E-state index is 9.15. The Bertz CT molecular complexity index is 552. The van der Waals surface area contributed by atoms with E-state index >= 15 is 0 Å². The van der Waals surface area contributed by atoms with Gasteiger partial charge < -0.3 is 14.8 Å². The van der Waals surface area contributed by atoms with E-state index in [1.165, 1.54) is 0 Å². The van der Waals surface area contributed by atoms with Crippen LogP contribution >= 0.6 is 23.2 Å². The highest BCUT2D eigenvalue weighted by molar-refractivity contribution is 6.42. The molecule has 2 aromatic rings. The lowest BCUT2D eigenvalue weighted by Gasteiger charge is -2.04. The predicted octanol–water partition coefficient (Wildman–Crippen LogP) is 3.72. The Hall–Kier alpha value is -1.00. The number of nitrogens with one attached hydrogen (secondary N) is 1. The number of aliphatic hydroxyl groups is 1. The molecule has 2 N–H and O–H groups in total. The van der Waals surface area contributed by atoms with Crippen LogP contribution in [0.25, 0.3) is 11.3 Å². The quantitative estimate of drug-likeness (QED) is 0.884. The Morgan fingerprint density at radius 1 is 1.21 bits per heavy atom. The van der Waals surface area contributed by atoms with Crippen LogP contribution in [0.5, 0.6) is 0 Å². The van der Waals surface area contributed by atoms with Crippen LogP contribution in [0.15, 0.2) is 34.7 Å². The molecule has 1 aromatic heterocycles. The first-order valence-corrected chi connectivity index (χ1v) is 6.75. The van der Waals surface area contributed by atoms with Crippen molar-refractivity contribution in [2.45, 2.75) is 19.6 Å². The van der Waals surface area contributed by atoms with Crippen molar-refractivity contribution < 1.29 is 9.52 Å². The van der Waals surface area contributed by atoms with Crippen LogP contribution in [0.3, 0.4) is 0 Å². The van der Waals surface area contributed by atoms with Crippen molar-refractivity contribution >= 4 is 23.2 Å². The molecule has 1 atom stereocenters. The van der Waals surface area contributed by atoms with E-state index in [4.69, 9.17) is 32.7 Å². The average Bonchev–Trinajstić information content (AvgIpc) is 2.81. The van der Waals surface area contributed by atoms with Crippen molar-refractivity contribution in [3.05, 3.63) is 46.1 Å². The fourth-order valence-electron chi connectivity index (χ4n) is 1.68. The third kappa shape index (κ3) is 3.98. The normalized spacial score (nSPS) is 12.6. The van der Waals surface area contributed by atoms with E-state index in [-0.39, 0.29) is 6.10 Å². The van der Waals surface area contributed by atoms with Gasteiger partial charge in [-0.2, -0.15) is 0 Å². The number of benzene rings is 1. The summed E-state index contributed by atoms with van der Waals surface area (Å²) in [6, 6.07) is 9.16. The molecule has 0 saturated heterocycles. The highest BCUT2D eigenvalue weighted by atomic mass is 35.5. The summed E-state index contributed by atoms with van der Waals surface area (Å²) in [7, 11) is 0. The molecule has 1 aromatic carbocycles. The summed E-state index contributed by atoms with van der Waals surface area (Å²) in [5.41, 5.74) is 0.885. The summed E-state index contributed by atoms with van der Waals surface area (Å²) in [6.07, 6.45) is -0.371. The minimum absolute atomic E-state index is 0.371. The lowest BCUT2D eigenvalue weighted by molar-refractivity contribution is 0.190. The summed E-state index contributed by atoms with van der Waals surface area (Å²) >= 11 is 11.9. The van der Waals surface area contributed by atoms with Gasteiger partial charge in [0, 0.05) is 12.1 Å². The molecular weight excluding hydrogens is 285 g/mol. The summed E-state index contributed by atoms with van der Waals surface area (Å²) < 4.78 is 5.70. The van der Waals surface area contributed by atoms with Gasteiger partial charge in [0.25, 0.3) is 0 Å². The van der Waals surface area contributed by atoms with Crippen molar-refractivity contribution in [1.29, 1.82) is 0 Å². The topological polar surface area (TPSA) is 45.4 Å². The van der Waals surface area contributed by atoms with Gasteiger partial charge in [0.15, 0.2) is 0 Å². The molecule has 19 heavy (non-hydrogen) atoms. The maximum Gasteiger partial charge on any atom is 0.134 e. The number of halogens is 2. The van der Waals surface area contributed by atoms with E-state index in [1.54, 1.807) is 19.1 Å². The molecule has 0 saturated carbocycles. The zero-order valence-corrected chi connectivity index (χ0v) is 12.0.